The molecule has 1 aromatic carbocycles. The summed E-state index contributed by atoms with van der Waals surface area (Å²) in [6.07, 6.45) is 6.59. The van der Waals surface area contributed by atoms with Crippen LogP contribution in [-0.2, 0) is 0 Å². The van der Waals surface area contributed by atoms with Gasteiger partial charge in [0.15, 0.2) is 5.96 Å². The highest BCUT2D eigenvalue weighted by Gasteiger charge is 2.11. The predicted molar refractivity (Wildman–Crippen MR) is 104 cm³/mol. The second-order valence-electron chi connectivity index (χ2n) is 4.59. The Balaban J connectivity index is 0.00000220. The van der Waals surface area contributed by atoms with Crippen LogP contribution in [0.1, 0.15) is 12.8 Å². The summed E-state index contributed by atoms with van der Waals surface area (Å²) in [5, 5.41) is 7.54. The number of rotatable bonds is 5. The highest BCUT2D eigenvalue weighted by molar-refractivity contribution is 14.0. The predicted octanol–water partition coefficient (Wildman–Crippen LogP) is 3.93. The average molecular weight is 438 g/mol. The molecule has 2 N–H and O–H groups in total. The number of halogens is 2. The van der Waals surface area contributed by atoms with Gasteiger partial charge in [-0.15, -0.1) is 35.7 Å². The number of hydrogen-bond acceptors (Lipinski definition) is 2. The molecule has 0 radical (unpaired) electrons. The van der Waals surface area contributed by atoms with Gasteiger partial charge >= 0.3 is 0 Å². The molecule has 0 heterocycles. The smallest absolute Gasteiger partial charge is 0.191 e. The number of nitrogens with one attached hydrogen (secondary N) is 2. The van der Waals surface area contributed by atoms with Crippen molar-refractivity contribution < 1.29 is 0 Å². The topological polar surface area (TPSA) is 36.4 Å². The zero-order valence-electron chi connectivity index (χ0n) is 12.0. The van der Waals surface area contributed by atoms with Crippen LogP contribution in [0.5, 0.6) is 0 Å². The Morgan fingerprint density at radius 1 is 1.29 bits per heavy atom. The monoisotopic (exact) mass is 437 g/mol. The number of hydrogen-bond donors (Lipinski definition) is 2. The first-order valence-electron chi connectivity index (χ1n) is 6.78. The minimum Gasteiger partial charge on any atom is -0.356 e. The lowest BCUT2D eigenvalue weighted by molar-refractivity contribution is 0.636. The molecule has 116 valence electrons. The van der Waals surface area contributed by atoms with E-state index in [1.54, 1.807) is 0 Å². The summed E-state index contributed by atoms with van der Waals surface area (Å²) in [5.41, 5.74) is 0. The fourth-order valence-electron chi connectivity index (χ4n) is 1.99. The maximum atomic E-state index is 5.86. The van der Waals surface area contributed by atoms with Crippen LogP contribution in [0.15, 0.2) is 46.3 Å². The van der Waals surface area contributed by atoms with Gasteiger partial charge in [0.1, 0.15) is 0 Å². The molecule has 0 saturated heterocycles. The van der Waals surface area contributed by atoms with Crippen LogP contribution < -0.4 is 10.6 Å². The normalized spacial score (nSPS) is 14.9. The Bertz CT molecular complexity index is 468. The van der Waals surface area contributed by atoms with Gasteiger partial charge in [0.05, 0.1) is 0 Å². The molecule has 0 amide bonds. The second-order valence-corrected chi connectivity index (χ2v) is 6.19. The van der Waals surface area contributed by atoms with Gasteiger partial charge in [-0.05, 0) is 37.1 Å². The molecule has 0 bridgehead atoms. The number of nitrogens with zero attached hydrogens (tertiary/aromatic N) is 1. The first-order valence-corrected chi connectivity index (χ1v) is 8.15. The van der Waals surface area contributed by atoms with Crippen molar-refractivity contribution in [2.45, 2.75) is 23.8 Å². The molecule has 0 unspecified atom stereocenters. The maximum Gasteiger partial charge on any atom is 0.191 e. The third-order valence-corrected chi connectivity index (χ3v) is 4.31. The Labute approximate surface area is 153 Å². The Kier molecular flexibility index (Phi) is 9.19. The maximum absolute atomic E-state index is 5.86. The molecule has 0 atom stereocenters. The van der Waals surface area contributed by atoms with Gasteiger partial charge in [-0.25, -0.2) is 0 Å². The van der Waals surface area contributed by atoms with E-state index in [-0.39, 0.29) is 24.0 Å². The number of aliphatic imine (C=N–C) groups is 1. The third-order valence-electron chi connectivity index (χ3n) is 3.05. The molecule has 0 saturated carbocycles. The zero-order valence-corrected chi connectivity index (χ0v) is 15.9. The lowest BCUT2D eigenvalue weighted by Gasteiger charge is -2.16. The number of guanidine groups is 1. The van der Waals surface area contributed by atoms with Crippen LogP contribution in [0.3, 0.4) is 0 Å². The quantitative estimate of drug-likeness (QED) is 0.183. The molecule has 6 heteroatoms. The number of benzene rings is 1. The van der Waals surface area contributed by atoms with Crippen molar-refractivity contribution in [3.8, 4) is 0 Å². The van der Waals surface area contributed by atoms with Crippen molar-refractivity contribution in [2.75, 3.05) is 19.3 Å². The van der Waals surface area contributed by atoms with E-state index in [9.17, 15) is 0 Å². The highest BCUT2D eigenvalue weighted by atomic mass is 127. The van der Waals surface area contributed by atoms with Crippen LogP contribution >= 0.6 is 47.3 Å². The fourth-order valence-corrected chi connectivity index (χ4v) is 2.89. The Morgan fingerprint density at radius 3 is 2.57 bits per heavy atom. The van der Waals surface area contributed by atoms with E-state index in [0.29, 0.717) is 6.04 Å². The van der Waals surface area contributed by atoms with Gasteiger partial charge in [0.2, 0.25) is 0 Å². The fraction of sp³-hybridized carbons (Fsp3) is 0.400. The molecule has 1 aliphatic carbocycles. The van der Waals surface area contributed by atoms with Gasteiger partial charge in [0.25, 0.3) is 0 Å². The van der Waals surface area contributed by atoms with E-state index < -0.39 is 0 Å². The van der Waals surface area contributed by atoms with Crippen molar-refractivity contribution in [1.29, 1.82) is 0 Å². The molecule has 3 nitrogen and oxygen atoms in total. The van der Waals surface area contributed by atoms with Crippen LogP contribution in [0.2, 0.25) is 5.02 Å². The first-order chi connectivity index (χ1) is 9.78. The first kappa shape index (κ1) is 18.6. The molecular formula is C15H21ClIN3S. The van der Waals surface area contributed by atoms with E-state index in [1.807, 2.05) is 43.1 Å². The van der Waals surface area contributed by atoms with Crippen LogP contribution in [0, 0.1) is 0 Å². The molecule has 0 aromatic heterocycles. The standard InChI is InChI=1S/C15H20ClN3S.HI/c1-17-15(19-13-4-2-3-5-13)18-10-11-20-14-8-6-12(16)7-9-14;/h2-3,6-9,13H,4-5,10-11H2,1H3,(H2,17,18,19);1H. The molecule has 21 heavy (non-hydrogen) atoms. The average Bonchev–Trinajstić information content (AvgIpc) is 2.97. The summed E-state index contributed by atoms with van der Waals surface area (Å²) in [5.74, 6) is 1.88. The van der Waals surface area contributed by atoms with Crippen molar-refractivity contribution >= 4 is 53.3 Å². The second kappa shape index (κ2) is 10.3. The van der Waals surface area contributed by atoms with Crippen molar-refractivity contribution in [3.05, 3.63) is 41.4 Å². The van der Waals surface area contributed by atoms with E-state index in [2.05, 4.69) is 27.8 Å². The highest BCUT2D eigenvalue weighted by Crippen LogP contribution is 2.19. The van der Waals surface area contributed by atoms with Crippen LogP contribution in [0.4, 0.5) is 0 Å². The summed E-state index contributed by atoms with van der Waals surface area (Å²) in [7, 11) is 1.81. The van der Waals surface area contributed by atoms with Crippen molar-refractivity contribution in [1.82, 2.24) is 10.6 Å². The Hall–Kier alpha value is -0.400. The van der Waals surface area contributed by atoms with Crippen molar-refractivity contribution in [2.24, 2.45) is 4.99 Å². The summed E-state index contributed by atoms with van der Waals surface area (Å²) in [4.78, 5) is 5.48. The van der Waals surface area contributed by atoms with Crippen molar-refractivity contribution in [3.63, 3.8) is 0 Å². The number of thioether (sulfide) groups is 1. The summed E-state index contributed by atoms with van der Waals surface area (Å²) < 4.78 is 0. The van der Waals surface area contributed by atoms with Crippen LogP contribution in [0.25, 0.3) is 0 Å². The van der Waals surface area contributed by atoms with E-state index in [4.69, 9.17) is 11.6 Å². The molecule has 1 aromatic rings. The SMILES string of the molecule is CN=C(NCCSc1ccc(Cl)cc1)NC1CC=CC1.I. The summed E-state index contributed by atoms with van der Waals surface area (Å²) in [6, 6.07) is 8.43. The van der Waals surface area contributed by atoms with Gasteiger partial charge < -0.3 is 10.6 Å². The van der Waals surface area contributed by atoms with Gasteiger partial charge in [0, 0.05) is 35.3 Å². The molecule has 0 spiro atoms. The van der Waals surface area contributed by atoms with Gasteiger partial charge in [-0.2, -0.15) is 0 Å². The summed E-state index contributed by atoms with van der Waals surface area (Å²) >= 11 is 7.67. The minimum atomic E-state index is 0. The zero-order chi connectivity index (χ0) is 14.2. The summed E-state index contributed by atoms with van der Waals surface area (Å²) in [6.45, 7) is 0.882. The molecule has 0 aliphatic heterocycles. The third kappa shape index (κ3) is 6.93. The molecule has 1 aliphatic rings. The molecule has 2 rings (SSSR count). The Morgan fingerprint density at radius 2 is 1.95 bits per heavy atom. The van der Waals surface area contributed by atoms with Gasteiger partial charge in [-0.1, -0.05) is 23.8 Å². The molecule has 0 fully saturated rings. The van der Waals surface area contributed by atoms with E-state index in [0.717, 1.165) is 36.1 Å². The van der Waals surface area contributed by atoms with Gasteiger partial charge in [-0.3, -0.25) is 4.99 Å². The van der Waals surface area contributed by atoms with E-state index >= 15 is 0 Å². The van der Waals surface area contributed by atoms with Crippen LogP contribution in [-0.4, -0.2) is 31.3 Å². The lowest BCUT2D eigenvalue weighted by Crippen LogP contribution is -2.43. The molecular weight excluding hydrogens is 417 g/mol. The minimum absolute atomic E-state index is 0. The largest absolute Gasteiger partial charge is 0.356 e. The lowest BCUT2D eigenvalue weighted by atomic mass is 10.2. The van der Waals surface area contributed by atoms with E-state index in [1.165, 1.54) is 4.90 Å².